The van der Waals surface area contributed by atoms with Crippen LogP contribution in [-0.4, -0.2) is 46.5 Å². The third-order valence-corrected chi connectivity index (χ3v) is 3.97. The van der Waals surface area contributed by atoms with Crippen LogP contribution in [0.5, 0.6) is 0 Å². The number of halogens is 1. The predicted octanol–water partition coefficient (Wildman–Crippen LogP) is 0.0294. The number of aromatic nitrogens is 2. The number of hydrogen-bond acceptors (Lipinski definition) is 4. The van der Waals surface area contributed by atoms with Crippen LogP contribution in [0.3, 0.4) is 0 Å². The summed E-state index contributed by atoms with van der Waals surface area (Å²) >= 11 is 0. The van der Waals surface area contributed by atoms with E-state index in [9.17, 15) is 9.90 Å². The average molecular weight is 301 g/mol. The number of aliphatic hydroxyl groups excluding tert-OH is 1. The van der Waals surface area contributed by atoms with Crippen LogP contribution < -0.4 is 10.6 Å². The highest BCUT2D eigenvalue weighted by Crippen LogP contribution is 2.39. The van der Waals surface area contributed by atoms with Crippen LogP contribution in [0.4, 0.5) is 0 Å². The molecule has 3 N–H and O–H groups in total. The van der Waals surface area contributed by atoms with Gasteiger partial charge >= 0.3 is 0 Å². The van der Waals surface area contributed by atoms with Gasteiger partial charge in [-0.15, -0.1) is 12.4 Å². The van der Waals surface area contributed by atoms with E-state index in [0.717, 1.165) is 12.2 Å². The molecule has 1 aromatic heterocycles. The molecule has 1 amide bonds. The highest BCUT2D eigenvalue weighted by molar-refractivity contribution is 5.92. The third-order valence-electron chi connectivity index (χ3n) is 3.97. The number of hydrogen-bond donors (Lipinski definition) is 3. The predicted molar refractivity (Wildman–Crippen MR) is 77.1 cm³/mol. The van der Waals surface area contributed by atoms with E-state index in [1.54, 1.807) is 4.68 Å². The summed E-state index contributed by atoms with van der Waals surface area (Å²) in [6.07, 6.45) is 2.02. The zero-order chi connectivity index (χ0) is 13.4. The summed E-state index contributed by atoms with van der Waals surface area (Å²) in [5, 5.41) is 19.9. The van der Waals surface area contributed by atoms with E-state index < -0.39 is 0 Å². The molecule has 0 bridgehead atoms. The van der Waals surface area contributed by atoms with E-state index in [-0.39, 0.29) is 30.3 Å². The number of nitrogens with zero attached hydrogens (tertiary/aromatic N) is 2. The molecule has 112 valence electrons. The lowest BCUT2D eigenvalue weighted by Gasteiger charge is -2.13. The molecule has 0 spiro atoms. The van der Waals surface area contributed by atoms with Gasteiger partial charge in [-0.1, -0.05) is 0 Å². The van der Waals surface area contributed by atoms with Crippen LogP contribution in [-0.2, 0) is 7.05 Å². The van der Waals surface area contributed by atoms with E-state index in [0.29, 0.717) is 24.7 Å². The first kappa shape index (κ1) is 15.3. The second-order valence-corrected chi connectivity index (χ2v) is 5.55. The number of β-amino-alcohol motifs (C(OH)–C–C–N with tert-alkyl or cyclic N) is 1. The van der Waals surface area contributed by atoms with Crippen LogP contribution >= 0.6 is 12.4 Å². The van der Waals surface area contributed by atoms with Crippen molar-refractivity contribution in [1.82, 2.24) is 20.4 Å². The van der Waals surface area contributed by atoms with E-state index in [2.05, 4.69) is 15.7 Å². The van der Waals surface area contributed by atoms with Crippen molar-refractivity contribution < 1.29 is 9.90 Å². The van der Waals surface area contributed by atoms with Gasteiger partial charge < -0.3 is 15.7 Å². The zero-order valence-electron chi connectivity index (χ0n) is 11.5. The van der Waals surface area contributed by atoms with Gasteiger partial charge in [0.2, 0.25) is 0 Å². The lowest BCUT2D eigenvalue weighted by atomic mass is 10.1. The van der Waals surface area contributed by atoms with Gasteiger partial charge in [0.05, 0.1) is 6.10 Å². The van der Waals surface area contributed by atoms with Gasteiger partial charge in [-0.2, -0.15) is 5.10 Å². The van der Waals surface area contributed by atoms with Crippen molar-refractivity contribution in [1.29, 1.82) is 0 Å². The minimum atomic E-state index is -0.369. The molecule has 0 radical (unpaired) electrons. The van der Waals surface area contributed by atoms with Gasteiger partial charge in [-0.05, 0) is 18.9 Å². The number of carbonyl (C=O) groups excluding carboxylic acids is 1. The molecule has 2 fully saturated rings. The van der Waals surface area contributed by atoms with Gasteiger partial charge in [-0.3, -0.25) is 9.48 Å². The first-order valence-corrected chi connectivity index (χ1v) is 6.86. The largest absolute Gasteiger partial charge is 0.391 e. The summed E-state index contributed by atoms with van der Waals surface area (Å²) in [4.78, 5) is 12.0. The summed E-state index contributed by atoms with van der Waals surface area (Å²) in [5.41, 5.74) is 1.62. The molecule has 2 atom stereocenters. The summed E-state index contributed by atoms with van der Waals surface area (Å²) in [6, 6.07) is 1.89. The fourth-order valence-electron chi connectivity index (χ4n) is 2.60. The molecule has 1 aliphatic carbocycles. The maximum absolute atomic E-state index is 12.0. The van der Waals surface area contributed by atoms with Crippen molar-refractivity contribution >= 4 is 18.3 Å². The Labute approximate surface area is 124 Å². The van der Waals surface area contributed by atoms with Crippen LogP contribution in [0.25, 0.3) is 0 Å². The SMILES string of the molecule is Cl.Cn1nc(C(=O)NCC2CNCC2O)cc1C1CC1. The molecule has 20 heavy (non-hydrogen) atoms. The Morgan fingerprint density at radius 3 is 2.90 bits per heavy atom. The van der Waals surface area contributed by atoms with Crippen LogP contribution in [0, 0.1) is 5.92 Å². The molecule has 0 aromatic carbocycles. The molecular weight excluding hydrogens is 280 g/mol. The van der Waals surface area contributed by atoms with Crippen LogP contribution in [0.15, 0.2) is 6.07 Å². The summed E-state index contributed by atoms with van der Waals surface area (Å²) in [7, 11) is 1.88. The lowest BCUT2D eigenvalue weighted by Crippen LogP contribution is -2.34. The second-order valence-electron chi connectivity index (χ2n) is 5.55. The molecule has 1 saturated carbocycles. The van der Waals surface area contributed by atoms with Gasteiger partial charge in [-0.25, -0.2) is 0 Å². The number of aliphatic hydroxyl groups is 1. The molecule has 1 saturated heterocycles. The maximum atomic E-state index is 12.0. The number of aryl methyl sites for hydroxylation is 1. The van der Waals surface area contributed by atoms with E-state index >= 15 is 0 Å². The fourth-order valence-corrected chi connectivity index (χ4v) is 2.60. The van der Waals surface area contributed by atoms with E-state index in [1.807, 2.05) is 13.1 Å². The molecule has 6 nitrogen and oxygen atoms in total. The molecule has 1 aliphatic heterocycles. The Balaban J connectivity index is 0.00000147. The Kier molecular flexibility index (Phi) is 4.67. The molecular formula is C13H21ClN4O2. The zero-order valence-corrected chi connectivity index (χ0v) is 12.3. The quantitative estimate of drug-likeness (QED) is 0.733. The van der Waals surface area contributed by atoms with E-state index in [4.69, 9.17) is 0 Å². The molecule has 1 aromatic rings. The van der Waals surface area contributed by atoms with Crippen molar-refractivity contribution in [3.8, 4) is 0 Å². The summed E-state index contributed by atoms with van der Waals surface area (Å²) in [6.45, 7) is 1.84. The Hall–Kier alpha value is -1.11. The summed E-state index contributed by atoms with van der Waals surface area (Å²) < 4.78 is 1.80. The standard InChI is InChI=1S/C13H20N4O2.ClH/c1-17-11(8-2-3-8)4-10(16-17)13(19)15-6-9-5-14-7-12(9)18;/h4,8-9,12,14,18H,2-3,5-7H2,1H3,(H,15,19);1H. The smallest absolute Gasteiger partial charge is 0.271 e. The molecule has 2 aliphatic rings. The minimum absolute atomic E-state index is 0. The lowest BCUT2D eigenvalue weighted by molar-refractivity contribution is 0.0921. The van der Waals surface area contributed by atoms with Gasteiger partial charge in [0.1, 0.15) is 5.69 Å². The molecule has 7 heteroatoms. The van der Waals surface area contributed by atoms with E-state index in [1.165, 1.54) is 12.8 Å². The summed E-state index contributed by atoms with van der Waals surface area (Å²) in [5.74, 6) is 0.525. The number of carbonyl (C=O) groups is 1. The topological polar surface area (TPSA) is 79.2 Å². The number of amides is 1. The van der Waals surface area contributed by atoms with Crippen molar-refractivity contribution in [3.63, 3.8) is 0 Å². The van der Waals surface area contributed by atoms with Crippen molar-refractivity contribution in [3.05, 3.63) is 17.5 Å². The normalized spacial score (nSPS) is 25.3. The molecule has 3 rings (SSSR count). The second kappa shape index (κ2) is 6.11. The van der Waals surface area contributed by atoms with Crippen molar-refractivity contribution in [2.24, 2.45) is 13.0 Å². The highest BCUT2D eigenvalue weighted by Gasteiger charge is 2.29. The first-order chi connectivity index (χ1) is 9.15. The Morgan fingerprint density at radius 1 is 1.55 bits per heavy atom. The molecule has 2 unspecified atom stereocenters. The Morgan fingerprint density at radius 2 is 2.30 bits per heavy atom. The van der Waals surface area contributed by atoms with Crippen molar-refractivity contribution in [2.75, 3.05) is 19.6 Å². The van der Waals surface area contributed by atoms with Gasteiger partial charge in [0.25, 0.3) is 5.91 Å². The first-order valence-electron chi connectivity index (χ1n) is 6.86. The monoisotopic (exact) mass is 300 g/mol. The minimum Gasteiger partial charge on any atom is -0.391 e. The van der Waals surface area contributed by atoms with Crippen molar-refractivity contribution in [2.45, 2.75) is 24.9 Å². The highest BCUT2D eigenvalue weighted by atomic mass is 35.5. The Bertz CT molecular complexity index is 487. The average Bonchev–Trinajstić information content (AvgIpc) is 3.04. The van der Waals surface area contributed by atoms with Gasteiger partial charge in [0, 0.05) is 44.2 Å². The number of nitrogens with one attached hydrogen (secondary N) is 2. The molecule has 2 heterocycles. The fraction of sp³-hybridized carbons (Fsp3) is 0.692. The van der Waals surface area contributed by atoms with Gasteiger partial charge in [0.15, 0.2) is 0 Å². The number of rotatable bonds is 4. The third kappa shape index (κ3) is 3.13. The van der Waals surface area contributed by atoms with Crippen LogP contribution in [0.2, 0.25) is 0 Å². The maximum Gasteiger partial charge on any atom is 0.271 e. The van der Waals surface area contributed by atoms with Crippen LogP contribution in [0.1, 0.15) is 34.9 Å².